The zero-order valence-electron chi connectivity index (χ0n) is 15.8. The normalized spacial score (nSPS) is 14.8. The van der Waals surface area contributed by atoms with Crippen LogP contribution in [-0.2, 0) is 0 Å². The van der Waals surface area contributed by atoms with Gasteiger partial charge in [-0.1, -0.05) is 30.0 Å². The molecule has 4 rings (SSSR count). The topological polar surface area (TPSA) is 78.4 Å². The van der Waals surface area contributed by atoms with Crippen LogP contribution in [0, 0.1) is 0 Å². The summed E-state index contributed by atoms with van der Waals surface area (Å²) >= 11 is 1.42. The molecule has 0 bridgehead atoms. The van der Waals surface area contributed by atoms with Crippen LogP contribution in [0.25, 0.3) is 11.3 Å². The molecule has 3 aromatic rings. The summed E-state index contributed by atoms with van der Waals surface area (Å²) in [5.41, 5.74) is 3.29. The van der Waals surface area contributed by atoms with Gasteiger partial charge in [0, 0.05) is 16.8 Å². The monoisotopic (exact) mass is 396 g/mol. The first kappa shape index (κ1) is 18.4. The maximum absolute atomic E-state index is 6.24. The second kappa shape index (κ2) is 7.93. The van der Waals surface area contributed by atoms with Crippen LogP contribution >= 0.6 is 11.8 Å². The summed E-state index contributed by atoms with van der Waals surface area (Å²) < 4.78 is 17.3. The number of nitrogens with zero attached hydrogens (tertiary/aromatic N) is 3. The van der Waals surface area contributed by atoms with Crippen LogP contribution in [0.3, 0.4) is 0 Å². The lowest BCUT2D eigenvalue weighted by atomic mass is 10.1. The van der Waals surface area contributed by atoms with Gasteiger partial charge in [0.15, 0.2) is 23.4 Å². The molecule has 0 saturated carbocycles. The van der Waals surface area contributed by atoms with Gasteiger partial charge in [0.05, 0.1) is 13.7 Å². The van der Waals surface area contributed by atoms with Gasteiger partial charge < -0.3 is 19.5 Å². The molecule has 0 unspecified atom stereocenters. The summed E-state index contributed by atoms with van der Waals surface area (Å²) in [6.07, 6.45) is 1.43. The number of hydrogen-bond donors (Lipinski definition) is 1. The van der Waals surface area contributed by atoms with Gasteiger partial charge in [0.1, 0.15) is 0 Å². The Morgan fingerprint density at radius 2 is 2.00 bits per heavy atom. The molecule has 0 amide bonds. The van der Waals surface area contributed by atoms with Gasteiger partial charge in [-0.05, 0) is 37.4 Å². The number of ether oxygens (including phenoxy) is 3. The zero-order valence-corrected chi connectivity index (χ0v) is 16.6. The van der Waals surface area contributed by atoms with Crippen molar-refractivity contribution >= 4 is 17.4 Å². The molecule has 7 nitrogen and oxygen atoms in total. The van der Waals surface area contributed by atoms with Crippen LogP contribution in [0.5, 0.6) is 17.4 Å². The predicted octanol–water partition coefficient (Wildman–Crippen LogP) is 4.17. The van der Waals surface area contributed by atoms with Crippen molar-refractivity contribution in [2.45, 2.75) is 18.3 Å². The van der Waals surface area contributed by atoms with Crippen molar-refractivity contribution in [3.05, 3.63) is 48.0 Å². The lowest BCUT2D eigenvalue weighted by Gasteiger charge is -2.20. The second-order valence-electron chi connectivity index (χ2n) is 5.98. The highest BCUT2D eigenvalue weighted by Gasteiger charge is 2.26. The van der Waals surface area contributed by atoms with E-state index in [1.165, 1.54) is 11.8 Å². The fourth-order valence-corrected chi connectivity index (χ4v) is 3.31. The van der Waals surface area contributed by atoms with E-state index in [4.69, 9.17) is 14.2 Å². The van der Waals surface area contributed by atoms with Crippen molar-refractivity contribution in [1.82, 2.24) is 15.2 Å². The summed E-state index contributed by atoms with van der Waals surface area (Å²) in [5.74, 6) is 1.78. The van der Waals surface area contributed by atoms with Crippen molar-refractivity contribution in [3.63, 3.8) is 0 Å². The van der Waals surface area contributed by atoms with Crippen molar-refractivity contribution in [3.8, 4) is 28.6 Å². The number of rotatable bonds is 5. The van der Waals surface area contributed by atoms with E-state index < -0.39 is 6.23 Å². The lowest BCUT2D eigenvalue weighted by Crippen LogP contribution is -2.17. The van der Waals surface area contributed by atoms with Crippen LogP contribution in [-0.4, -0.2) is 35.2 Å². The molecule has 1 aromatic heterocycles. The van der Waals surface area contributed by atoms with Crippen LogP contribution < -0.4 is 19.5 Å². The molecule has 2 heterocycles. The quantitative estimate of drug-likeness (QED) is 0.644. The van der Waals surface area contributed by atoms with Crippen LogP contribution in [0.4, 0.5) is 5.69 Å². The van der Waals surface area contributed by atoms with E-state index in [9.17, 15) is 0 Å². The van der Waals surface area contributed by atoms with Gasteiger partial charge in [0.2, 0.25) is 11.0 Å². The molecule has 2 aromatic carbocycles. The summed E-state index contributed by atoms with van der Waals surface area (Å²) in [4.78, 5) is 4.53. The van der Waals surface area contributed by atoms with E-state index in [2.05, 4.69) is 20.5 Å². The standard InChI is InChI=1S/C20H20N4O3S/c1-4-26-16-11-12(9-10-15(16)25-2)18-21-14-8-6-5-7-13(14)17-19(27-18)22-20(28-3)24-23-17/h5-11,18,21H,4H2,1-3H3/t18-/m0/s1. The van der Waals surface area contributed by atoms with Crippen molar-refractivity contribution in [2.75, 3.05) is 25.3 Å². The van der Waals surface area contributed by atoms with Crippen LogP contribution in [0.2, 0.25) is 0 Å². The number of benzene rings is 2. The average molecular weight is 396 g/mol. The summed E-state index contributed by atoms with van der Waals surface area (Å²) in [5, 5.41) is 12.5. The molecule has 1 atom stereocenters. The molecular weight excluding hydrogens is 376 g/mol. The number of aromatic nitrogens is 3. The molecule has 0 radical (unpaired) electrons. The van der Waals surface area contributed by atoms with E-state index in [0.717, 1.165) is 16.8 Å². The second-order valence-corrected chi connectivity index (χ2v) is 6.76. The molecule has 0 saturated heterocycles. The van der Waals surface area contributed by atoms with E-state index >= 15 is 0 Å². The minimum atomic E-state index is -0.473. The highest BCUT2D eigenvalue weighted by atomic mass is 32.2. The minimum Gasteiger partial charge on any atom is -0.493 e. The van der Waals surface area contributed by atoms with Gasteiger partial charge in [-0.2, -0.15) is 4.98 Å². The highest BCUT2D eigenvalue weighted by molar-refractivity contribution is 7.98. The minimum absolute atomic E-state index is 0.440. The fraction of sp³-hybridized carbons (Fsp3) is 0.250. The lowest BCUT2D eigenvalue weighted by molar-refractivity contribution is 0.224. The smallest absolute Gasteiger partial charge is 0.247 e. The molecule has 1 N–H and O–H groups in total. The number of para-hydroxylation sites is 1. The van der Waals surface area contributed by atoms with Crippen LogP contribution in [0.15, 0.2) is 47.6 Å². The Bertz CT molecular complexity index is 999. The summed E-state index contributed by atoms with van der Waals surface area (Å²) in [7, 11) is 1.62. The molecule has 1 aliphatic heterocycles. The number of fused-ring (bicyclic) bond motifs is 3. The first-order valence-electron chi connectivity index (χ1n) is 8.85. The molecule has 8 heteroatoms. The molecule has 0 spiro atoms. The molecule has 0 fully saturated rings. The van der Waals surface area contributed by atoms with Gasteiger partial charge in [-0.3, -0.25) is 0 Å². The largest absolute Gasteiger partial charge is 0.493 e. The first-order chi connectivity index (χ1) is 13.7. The number of thioether (sulfide) groups is 1. The van der Waals surface area contributed by atoms with E-state index in [-0.39, 0.29) is 0 Å². The Hall–Kier alpha value is -3.00. The number of nitrogens with one attached hydrogen (secondary N) is 1. The third-order valence-electron chi connectivity index (χ3n) is 4.31. The van der Waals surface area contributed by atoms with Crippen LogP contribution in [0.1, 0.15) is 18.7 Å². The van der Waals surface area contributed by atoms with Crippen molar-refractivity contribution in [2.24, 2.45) is 0 Å². The van der Waals surface area contributed by atoms with Gasteiger partial charge in [-0.15, -0.1) is 10.2 Å². The van der Waals surface area contributed by atoms with E-state index in [1.807, 2.05) is 55.6 Å². The summed E-state index contributed by atoms with van der Waals surface area (Å²) in [6.45, 7) is 2.48. The zero-order chi connectivity index (χ0) is 19.5. The SMILES string of the molecule is CCOc1cc([C@H]2Nc3ccccc3-c3nnc(SC)nc3O2)ccc1OC. The van der Waals surface area contributed by atoms with Crippen molar-refractivity contribution in [1.29, 1.82) is 0 Å². The third-order valence-corrected chi connectivity index (χ3v) is 4.84. The van der Waals surface area contributed by atoms with Gasteiger partial charge in [0.25, 0.3) is 0 Å². The molecule has 1 aliphatic rings. The Morgan fingerprint density at radius 1 is 1.14 bits per heavy atom. The van der Waals surface area contributed by atoms with E-state index in [0.29, 0.717) is 34.8 Å². The highest BCUT2D eigenvalue weighted by Crippen LogP contribution is 2.40. The molecule has 144 valence electrons. The number of methoxy groups -OCH3 is 1. The average Bonchev–Trinajstić information content (AvgIpc) is 2.90. The summed E-state index contributed by atoms with van der Waals surface area (Å²) in [6, 6.07) is 13.6. The Morgan fingerprint density at radius 3 is 2.79 bits per heavy atom. The molecule has 28 heavy (non-hydrogen) atoms. The number of anilines is 1. The molecular formula is C20H20N4O3S. The van der Waals surface area contributed by atoms with Crippen molar-refractivity contribution < 1.29 is 14.2 Å². The fourth-order valence-electron chi connectivity index (χ4n) is 3.01. The Labute approximate surface area is 167 Å². The third kappa shape index (κ3) is 3.43. The first-order valence-corrected chi connectivity index (χ1v) is 10.1. The predicted molar refractivity (Wildman–Crippen MR) is 108 cm³/mol. The van der Waals surface area contributed by atoms with Gasteiger partial charge in [-0.25, -0.2) is 0 Å². The number of hydrogen-bond acceptors (Lipinski definition) is 8. The Kier molecular flexibility index (Phi) is 5.21. The van der Waals surface area contributed by atoms with Gasteiger partial charge >= 0.3 is 0 Å². The van der Waals surface area contributed by atoms with E-state index in [1.54, 1.807) is 7.11 Å². The Balaban J connectivity index is 1.80. The maximum atomic E-state index is 6.24. The molecule has 0 aliphatic carbocycles. The maximum Gasteiger partial charge on any atom is 0.247 e.